The summed E-state index contributed by atoms with van der Waals surface area (Å²) >= 11 is 0. The quantitative estimate of drug-likeness (QED) is 0.870. The molecule has 0 unspecified atom stereocenters. The van der Waals surface area contributed by atoms with Gasteiger partial charge in [-0.3, -0.25) is 4.98 Å². The summed E-state index contributed by atoms with van der Waals surface area (Å²) in [5.41, 5.74) is 2.44. The van der Waals surface area contributed by atoms with Gasteiger partial charge >= 0.3 is 0 Å². The SMILES string of the molecule is CC(C)N(C)c1ccnc(CNC(C)(C)C)c1. The lowest BCUT2D eigenvalue weighted by molar-refractivity contribution is 0.421. The van der Waals surface area contributed by atoms with Crippen LogP contribution in [0.1, 0.15) is 40.3 Å². The summed E-state index contributed by atoms with van der Waals surface area (Å²) in [6.45, 7) is 11.7. The molecule has 3 nitrogen and oxygen atoms in total. The highest BCUT2D eigenvalue weighted by molar-refractivity contribution is 5.46. The third-order valence-electron chi connectivity index (χ3n) is 2.78. The molecule has 0 aliphatic heterocycles. The van der Waals surface area contributed by atoms with Crippen molar-refractivity contribution < 1.29 is 0 Å². The van der Waals surface area contributed by atoms with Gasteiger partial charge in [-0.2, -0.15) is 0 Å². The summed E-state index contributed by atoms with van der Waals surface area (Å²) in [4.78, 5) is 6.65. The lowest BCUT2D eigenvalue weighted by Crippen LogP contribution is -2.35. The second-order valence-corrected chi connectivity index (χ2v) is 5.81. The molecule has 0 fully saturated rings. The number of anilines is 1. The topological polar surface area (TPSA) is 28.2 Å². The Morgan fingerprint density at radius 3 is 2.53 bits per heavy atom. The van der Waals surface area contributed by atoms with E-state index < -0.39 is 0 Å². The van der Waals surface area contributed by atoms with Crippen molar-refractivity contribution >= 4 is 5.69 Å². The first kappa shape index (κ1) is 14.0. The van der Waals surface area contributed by atoms with Crippen molar-refractivity contribution in [3.63, 3.8) is 0 Å². The molecule has 1 rings (SSSR count). The average Bonchev–Trinajstić information content (AvgIpc) is 2.24. The van der Waals surface area contributed by atoms with Gasteiger partial charge in [-0.1, -0.05) is 0 Å². The number of rotatable bonds is 4. The van der Waals surface area contributed by atoms with Crippen LogP contribution >= 0.6 is 0 Å². The molecule has 0 spiro atoms. The Kier molecular flexibility index (Phi) is 4.52. The Hall–Kier alpha value is -1.09. The van der Waals surface area contributed by atoms with Gasteiger partial charge in [-0.15, -0.1) is 0 Å². The van der Waals surface area contributed by atoms with E-state index in [4.69, 9.17) is 0 Å². The van der Waals surface area contributed by atoms with E-state index in [1.54, 1.807) is 0 Å². The molecule has 0 saturated heterocycles. The second-order valence-electron chi connectivity index (χ2n) is 5.81. The van der Waals surface area contributed by atoms with Crippen molar-refractivity contribution in [2.75, 3.05) is 11.9 Å². The first-order valence-corrected chi connectivity index (χ1v) is 6.22. The van der Waals surface area contributed by atoms with Crippen LogP contribution < -0.4 is 10.2 Å². The molecule has 0 aliphatic rings. The molecule has 1 aromatic rings. The van der Waals surface area contributed by atoms with Crippen molar-refractivity contribution in [1.29, 1.82) is 0 Å². The van der Waals surface area contributed by atoms with E-state index in [1.165, 1.54) is 5.69 Å². The normalized spacial score (nSPS) is 11.9. The maximum Gasteiger partial charge on any atom is 0.0562 e. The van der Waals surface area contributed by atoms with Gasteiger partial charge in [0.1, 0.15) is 0 Å². The predicted molar refractivity (Wildman–Crippen MR) is 74.4 cm³/mol. The first-order valence-electron chi connectivity index (χ1n) is 6.22. The zero-order valence-corrected chi connectivity index (χ0v) is 11.9. The highest BCUT2D eigenvalue weighted by Gasteiger charge is 2.10. The monoisotopic (exact) mass is 235 g/mol. The second kappa shape index (κ2) is 5.50. The predicted octanol–water partition coefficient (Wildman–Crippen LogP) is 2.81. The van der Waals surface area contributed by atoms with Crippen LogP contribution in [0.5, 0.6) is 0 Å². The summed E-state index contributed by atoms with van der Waals surface area (Å²) in [6.07, 6.45) is 1.88. The lowest BCUT2D eigenvalue weighted by atomic mass is 10.1. The van der Waals surface area contributed by atoms with Crippen LogP contribution in [0.25, 0.3) is 0 Å². The summed E-state index contributed by atoms with van der Waals surface area (Å²) < 4.78 is 0. The van der Waals surface area contributed by atoms with E-state index >= 15 is 0 Å². The molecule has 0 aromatic carbocycles. The largest absolute Gasteiger partial charge is 0.372 e. The Bertz CT molecular complexity index is 353. The number of hydrogen-bond donors (Lipinski definition) is 1. The van der Waals surface area contributed by atoms with Gasteiger partial charge in [0, 0.05) is 37.1 Å². The Labute approximate surface area is 105 Å². The minimum atomic E-state index is 0.127. The third-order valence-corrected chi connectivity index (χ3v) is 2.78. The molecule has 0 bridgehead atoms. The molecule has 17 heavy (non-hydrogen) atoms. The van der Waals surface area contributed by atoms with Crippen molar-refractivity contribution in [2.45, 2.75) is 52.7 Å². The lowest BCUT2D eigenvalue weighted by Gasteiger charge is -2.25. The fourth-order valence-corrected chi connectivity index (χ4v) is 1.44. The standard InChI is InChI=1S/C14H25N3/c1-11(2)17(6)13-7-8-15-12(9-13)10-16-14(3,4)5/h7-9,11,16H,10H2,1-6H3. The molecule has 1 N–H and O–H groups in total. The number of hydrogen-bond acceptors (Lipinski definition) is 3. The first-order chi connectivity index (χ1) is 7.79. The van der Waals surface area contributed by atoms with Crippen LogP contribution in [-0.2, 0) is 6.54 Å². The van der Waals surface area contributed by atoms with Gasteiger partial charge in [0.2, 0.25) is 0 Å². The van der Waals surface area contributed by atoms with Gasteiger partial charge in [-0.25, -0.2) is 0 Å². The van der Waals surface area contributed by atoms with Gasteiger partial charge in [0.25, 0.3) is 0 Å². The van der Waals surface area contributed by atoms with Gasteiger partial charge in [0.05, 0.1) is 5.69 Å². The van der Waals surface area contributed by atoms with Crippen LogP contribution in [-0.4, -0.2) is 23.6 Å². The van der Waals surface area contributed by atoms with Crippen LogP contribution in [0.2, 0.25) is 0 Å². The zero-order valence-electron chi connectivity index (χ0n) is 11.9. The van der Waals surface area contributed by atoms with Crippen molar-refractivity contribution in [1.82, 2.24) is 10.3 Å². The van der Waals surface area contributed by atoms with Crippen molar-refractivity contribution in [3.8, 4) is 0 Å². The van der Waals surface area contributed by atoms with Crippen LogP contribution in [0.4, 0.5) is 5.69 Å². The summed E-state index contributed by atoms with van der Waals surface area (Å²) in [5, 5.41) is 3.45. The summed E-state index contributed by atoms with van der Waals surface area (Å²) in [6, 6.07) is 4.71. The minimum absolute atomic E-state index is 0.127. The maximum atomic E-state index is 4.40. The van der Waals surface area contributed by atoms with Crippen LogP contribution in [0, 0.1) is 0 Å². The Morgan fingerprint density at radius 1 is 1.35 bits per heavy atom. The molecule has 0 atom stereocenters. The van der Waals surface area contributed by atoms with Gasteiger partial charge < -0.3 is 10.2 Å². The Balaban J connectivity index is 2.73. The van der Waals surface area contributed by atoms with Gasteiger partial charge in [0.15, 0.2) is 0 Å². The maximum absolute atomic E-state index is 4.40. The molecular formula is C14H25N3. The fourth-order valence-electron chi connectivity index (χ4n) is 1.44. The van der Waals surface area contributed by atoms with E-state index in [2.05, 4.69) is 69.0 Å². The van der Waals surface area contributed by atoms with E-state index in [0.717, 1.165) is 12.2 Å². The minimum Gasteiger partial charge on any atom is -0.372 e. The van der Waals surface area contributed by atoms with E-state index in [1.807, 2.05) is 6.20 Å². The molecule has 1 aromatic heterocycles. The van der Waals surface area contributed by atoms with E-state index in [9.17, 15) is 0 Å². The molecule has 0 radical (unpaired) electrons. The number of pyridine rings is 1. The molecule has 96 valence electrons. The number of aromatic nitrogens is 1. The Morgan fingerprint density at radius 2 is 2.00 bits per heavy atom. The van der Waals surface area contributed by atoms with Crippen LogP contribution in [0.15, 0.2) is 18.3 Å². The molecule has 0 amide bonds. The molecule has 0 saturated carbocycles. The van der Waals surface area contributed by atoms with Crippen molar-refractivity contribution in [2.24, 2.45) is 0 Å². The summed E-state index contributed by atoms with van der Waals surface area (Å²) in [7, 11) is 2.11. The summed E-state index contributed by atoms with van der Waals surface area (Å²) in [5.74, 6) is 0. The molecule has 0 aliphatic carbocycles. The van der Waals surface area contributed by atoms with Crippen LogP contribution in [0.3, 0.4) is 0 Å². The van der Waals surface area contributed by atoms with Crippen molar-refractivity contribution in [3.05, 3.63) is 24.0 Å². The molecular weight excluding hydrogens is 210 g/mol. The zero-order chi connectivity index (χ0) is 13.1. The molecule has 3 heteroatoms. The fraction of sp³-hybridized carbons (Fsp3) is 0.643. The van der Waals surface area contributed by atoms with E-state index in [-0.39, 0.29) is 5.54 Å². The highest BCUT2D eigenvalue weighted by Crippen LogP contribution is 2.15. The molecule has 1 heterocycles. The smallest absolute Gasteiger partial charge is 0.0562 e. The number of nitrogens with one attached hydrogen (secondary N) is 1. The average molecular weight is 235 g/mol. The van der Waals surface area contributed by atoms with Gasteiger partial charge in [-0.05, 0) is 46.8 Å². The van der Waals surface area contributed by atoms with E-state index in [0.29, 0.717) is 6.04 Å². The highest BCUT2D eigenvalue weighted by atomic mass is 15.1. The third kappa shape index (κ3) is 4.73. The number of nitrogens with zero attached hydrogens (tertiary/aromatic N) is 2.